The molecular formula is C16H17N3OS. The molecule has 0 amide bonds. The normalized spacial score (nSPS) is 10.8. The van der Waals surface area contributed by atoms with Crippen molar-refractivity contribution in [1.82, 2.24) is 9.97 Å². The van der Waals surface area contributed by atoms with Crippen LogP contribution in [-0.2, 0) is 0 Å². The number of fused-ring (bicyclic) bond motifs is 1. The molecule has 2 aromatic heterocycles. The van der Waals surface area contributed by atoms with Gasteiger partial charge in [-0.2, -0.15) is 0 Å². The lowest BCUT2D eigenvalue weighted by molar-refractivity contribution is 0.326. The van der Waals surface area contributed by atoms with E-state index in [4.69, 9.17) is 4.74 Å². The lowest BCUT2D eigenvalue weighted by atomic mass is 10.3. The summed E-state index contributed by atoms with van der Waals surface area (Å²) >= 11 is 1.70. The van der Waals surface area contributed by atoms with Gasteiger partial charge in [-0.3, -0.25) is 0 Å². The highest BCUT2D eigenvalue weighted by Crippen LogP contribution is 2.28. The van der Waals surface area contributed by atoms with Crippen molar-refractivity contribution in [2.75, 3.05) is 25.1 Å². The first kappa shape index (κ1) is 13.8. The molecular weight excluding hydrogens is 282 g/mol. The quantitative estimate of drug-likeness (QED) is 0.722. The maximum absolute atomic E-state index is 5.73. The third-order valence-corrected chi connectivity index (χ3v) is 4.19. The Kier molecular flexibility index (Phi) is 4.01. The van der Waals surface area contributed by atoms with Crippen LogP contribution in [0.1, 0.15) is 4.88 Å². The van der Waals surface area contributed by atoms with Crippen molar-refractivity contribution in [3.63, 3.8) is 0 Å². The van der Waals surface area contributed by atoms with Crippen molar-refractivity contribution < 1.29 is 4.74 Å². The minimum absolute atomic E-state index is 0.620. The van der Waals surface area contributed by atoms with E-state index in [2.05, 4.69) is 27.9 Å². The van der Waals surface area contributed by atoms with Crippen LogP contribution in [0, 0.1) is 6.92 Å². The Labute approximate surface area is 128 Å². The van der Waals surface area contributed by atoms with E-state index in [0.717, 1.165) is 28.3 Å². The van der Waals surface area contributed by atoms with Crippen molar-refractivity contribution in [2.45, 2.75) is 6.92 Å². The maximum atomic E-state index is 5.73. The molecule has 3 rings (SSSR count). The van der Waals surface area contributed by atoms with Crippen LogP contribution in [0.5, 0.6) is 5.75 Å². The summed E-state index contributed by atoms with van der Waals surface area (Å²) in [6.07, 6.45) is 1.63. The Morgan fingerprint density at radius 3 is 2.81 bits per heavy atom. The van der Waals surface area contributed by atoms with Gasteiger partial charge in [0.05, 0.1) is 11.9 Å². The summed E-state index contributed by atoms with van der Waals surface area (Å²) in [5.41, 5.74) is 0. The van der Waals surface area contributed by atoms with Gasteiger partial charge in [0.15, 0.2) is 0 Å². The van der Waals surface area contributed by atoms with E-state index in [1.165, 1.54) is 4.88 Å². The molecule has 0 aliphatic carbocycles. The fourth-order valence-electron chi connectivity index (χ4n) is 2.19. The molecule has 0 radical (unpaired) electrons. The van der Waals surface area contributed by atoms with Crippen LogP contribution in [-0.4, -0.2) is 30.2 Å². The zero-order chi connectivity index (χ0) is 14.7. The molecule has 1 aromatic carbocycles. The van der Waals surface area contributed by atoms with E-state index in [1.54, 1.807) is 17.7 Å². The molecule has 3 aromatic rings. The van der Waals surface area contributed by atoms with Crippen LogP contribution < -0.4 is 9.64 Å². The summed E-state index contributed by atoms with van der Waals surface area (Å²) in [6.45, 7) is 3.49. The number of likely N-dealkylation sites (N-methyl/N-ethyl adjacent to an activating group) is 1. The Morgan fingerprint density at radius 1 is 1.19 bits per heavy atom. The third-order valence-electron chi connectivity index (χ3n) is 3.23. The van der Waals surface area contributed by atoms with Crippen LogP contribution in [0.15, 0.2) is 42.7 Å². The number of rotatable bonds is 5. The molecule has 0 saturated heterocycles. The third kappa shape index (κ3) is 3.13. The summed E-state index contributed by atoms with van der Waals surface area (Å²) in [4.78, 5) is 13.1. The van der Waals surface area contributed by atoms with Gasteiger partial charge in [0.25, 0.3) is 0 Å². The number of hydrogen-bond donors (Lipinski definition) is 0. The zero-order valence-corrected chi connectivity index (χ0v) is 12.9. The second-order valence-electron chi connectivity index (χ2n) is 4.86. The maximum Gasteiger partial charge on any atom is 0.140 e. The first-order valence-corrected chi connectivity index (χ1v) is 7.66. The van der Waals surface area contributed by atoms with Gasteiger partial charge in [-0.1, -0.05) is 18.2 Å². The largest absolute Gasteiger partial charge is 0.492 e. The molecule has 21 heavy (non-hydrogen) atoms. The molecule has 0 saturated carbocycles. The fourth-order valence-corrected chi connectivity index (χ4v) is 3.03. The molecule has 0 aliphatic heterocycles. The summed E-state index contributed by atoms with van der Waals surface area (Å²) in [6, 6.07) is 12.0. The van der Waals surface area contributed by atoms with Crippen LogP contribution in [0.3, 0.4) is 0 Å². The lowest BCUT2D eigenvalue weighted by Crippen LogP contribution is -2.24. The van der Waals surface area contributed by atoms with Crippen LogP contribution >= 0.6 is 11.3 Å². The minimum atomic E-state index is 0.620. The van der Waals surface area contributed by atoms with Crippen LogP contribution in [0.4, 0.5) is 5.82 Å². The molecule has 108 valence electrons. The number of para-hydroxylation sites is 1. The Balaban J connectivity index is 1.68. The highest BCUT2D eigenvalue weighted by atomic mass is 32.1. The molecule has 0 aliphatic rings. The molecule has 0 atom stereocenters. The first-order chi connectivity index (χ1) is 10.2. The fraction of sp³-hybridized carbons (Fsp3) is 0.250. The number of thiophene rings is 1. The van der Waals surface area contributed by atoms with Crippen molar-refractivity contribution in [1.29, 1.82) is 0 Å². The second kappa shape index (κ2) is 6.10. The standard InChI is InChI=1S/C16H17N3OS/c1-12-10-14-15(17-11-18-16(14)21-12)19(2)8-9-20-13-6-4-3-5-7-13/h3-7,10-11H,8-9H2,1-2H3. The molecule has 0 spiro atoms. The average molecular weight is 299 g/mol. The van der Waals surface area contributed by atoms with Crippen molar-refractivity contribution in [3.05, 3.63) is 47.6 Å². The summed E-state index contributed by atoms with van der Waals surface area (Å²) in [5.74, 6) is 1.85. The SMILES string of the molecule is Cc1cc2c(N(C)CCOc3ccccc3)ncnc2s1. The molecule has 4 nitrogen and oxygen atoms in total. The number of nitrogens with zero attached hydrogens (tertiary/aromatic N) is 3. The number of aryl methyl sites for hydroxylation is 1. The van der Waals surface area contributed by atoms with E-state index < -0.39 is 0 Å². The van der Waals surface area contributed by atoms with Gasteiger partial charge in [0, 0.05) is 11.9 Å². The monoisotopic (exact) mass is 299 g/mol. The highest BCUT2D eigenvalue weighted by molar-refractivity contribution is 7.18. The molecule has 5 heteroatoms. The summed E-state index contributed by atoms with van der Waals surface area (Å²) < 4.78 is 5.73. The second-order valence-corrected chi connectivity index (χ2v) is 6.09. The van der Waals surface area contributed by atoms with Gasteiger partial charge in [-0.15, -0.1) is 11.3 Å². The van der Waals surface area contributed by atoms with E-state index in [-0.39, 0.29) is 0 Å². The highest BCUT2D eigenvalue weighted by Gasteiger charge is 2.10. The van der Waals surface area contributed by atoms with Gasteiger partial charge in [0.2, 0.25) is 0 Å². The van der Waals surface area contributed by atoms with Gasteiger partial charge in [-0.05, 0) is 25.1 Å². The molecule has 0 bridgehead atoms. The van der Waals surface area contributed by atoms with Crippen molar-refractivity contribution in [3.8, 4) is 5.75 Å². The Morgan fingerprint density at radius 2 is 2.00 bits per heavy atom. The van der Waals surface area contributed by atoms with Gasteiger partial charge >= 0.3 is 0 Å². The van der Waals surface area contributed by atoms with E-state index in [1.807, 2.05) is 37.4 Å². The lowest BCUT2D eigenvalue weighted by Gasteiger charge is -2.18. The summed E-state index contributed by atoms with van der Waals surface area (Å²) in [5, 5.41) is 1.11. The molecule has 0 fully saturated rings. The number of anilines is 1. The first-order valence-electron chi connectivity index (χ1n) is 6.84. The number of hydrogen-bond acceptors (Lipinski definition) is 5. The van der Waals surface area contributed by atoms with Crippen LogP contribution in [0.25, 0.3) is 10.2 Å². The predicted octanol–water partition coefficient (Wildman–Crippen LogP) is 3.51. The topological polar surface area (TPSA) is 38.2 Å². The van der Waals surface area contributed by atoms with Crippen LogP contribution in [0.2, 0.25) is 0 Å². The van der Waals surface area contributed by atoms with E-state index >= 15 is 0 Å². The molecule has 0 unspecified atom stereocenters. The van der Waals surface area contributed by atoms with Gasteiger partial charge in [0.1, 0.15) is 29.3 Å². The van der Waals surface area contributed by atoms with Crippen molar-refractivity contribution in [2.24, 2.45) is 0 Å². The average Bonchev–Trinajstić information content (AvgIpc) is 2.88. The Bertz CT molecular complexity index is 727. The van der Waals surface area contributed by atoms with E-state index in [0.29, 0.717) is 6.61 Å². The van der Waals surface area contributed by atoms with Gasteiger partial charge < -0.3 is 9.64 Å². The number of ether oxygens (including phenoxy) is 1. The number of aromatic nitrogens is 2. The smallest absolute Gasteiger partial charge is 0.140 e. The van der Waals surface area contributed by atoms with E-state index in [9.17, 15) is 0 Å². The number of benzene rings is 1. The molecule has 0 N–H and O–H groups in total. The summed E-state index contributed by atoms with van der Waals surface area (Å²) in [7, 11) is 2.03. The molecule has 2 heterocycles. The Hall–Kier alpha value is -2.14. The van der Waals surface area contributed by atoms with Gasteiger partial charge in [-0.25, -0.2) is 9.97 Å². The van der Waals surface area contributed by atoms with Crippen molar-refractivity contribution >= 4 is 27.4 Å². The zero-order valence-electron chi connectivity index (χ0n) is 12.1. The predicted molar refractivity (Wildman–Crippen MR) is 87.4 cm³/mol. The minimum Gasteiger partial charge on any atom is -0.492 e.